The Labute approximate surface area is 75.4 Å². The van der Waals surface area contributed by atoms with Gasteiger partial charge in [-0.2, -0.15) is 5.10 Å². The fourth-order valence-corrected chi connectivity index (χ4v) is 1.21. The molecule has 4 N–H and O–H groups in total. The first-order valence-electron chi connectivity index (χ1n) is 4.06. The molecule has 0 aliphatic heterocycles. The standard InChI is InChI=1S/C8H11N5/c1-5-3-10-8(12-5)7-6(2-9)4-11-13-7/h3-4H,2,9H2,1H3,(H,10,12)(H,11,13). The normalized spacial score (nSPS) is 10.6. The molecule has 0 aliphatic carbocycles. The molecule has 68 valence electrons. The number of aryl methyl sites for hydroxylation is 1. The molecule has 2 rings (SSSR count). The third kappa shape index (κ3) is 1.33. The highest BCUT2D eigenvalue weighted by atomic mass is 15.1. The van der Waals surface area contributed by atoms with Crippen LogP contribution in [0.1, 0.15) is 11.3 Å². The lowest BCUT2D eigenvalue weighted by molar-refractivity contribution is 1.06. The minimum absolute atomic E-state index is 0.464. The van der Waals surface area contributed by atoms with Crippen molar-refractivity contribution in [2.24, 2.45) is 5.73 Å². The Hall–Kier alpha value is -1.62. The Balaban J connectivity index is 2.45. The van der Waals surface area contributed by atoms with E-state index in [9.17, 15) is 0 Å². The van der Waals surface area contributed by atoms with Crippen LogP contribution in [0.15, 0.2) is 12.4 Å². The molecule has 0 saturated carbocycles. The zero-order valence-corrected chi connectivity index (χ0v) is 7.33. The van der Waals surface area contributed by atoms with Crippen molar-refractivity contribution in [3.8, 4) is 11.5 Å². The number of rotatable bonds is 2. The van der Waals surface area contributed by atoms with E-state index >= 15 is 0 Å². The van der Waals surface area contributed by atoms with Crippen LogP contribution in [0.2, 0.25) is 0 Å². The second-order valence-corrected chi connectivity index (χ2v) is 2.85. The van der Waals surface area contributed by atoms with Crippen molar-refractivity contribution in [2.45, 2.75) is 13.5 Å². The predicted molar refractivity (Wildman–Crippen MR) is 48.8 cm³/mol. The molecule has 2 heterocycles. The van der Waals surface area contributed by atoms with E-state index in [1.54, 1.807) is 6.20 Å². The van der Waals surface area contributed by atoms with Gasteiger partial charge in [-0.15, -0.1) is 0 Å². The largest absolute Gasteiger partial charge is 0.343 e. The third-order valence-corrected chi connectivity index (χ3v) is 1.87. The van der Waals surface area contributed by atoms with Crippen LogP contribution in [0.4, 0.5) is 0 Å². The van der Waals surface area contributed by atoms with E-state index < -0.39 is 0 Å². The zero-order valence-electron chi connectivity index (χ0n) is 7.33. The summed E-state index contributed by atoms with van der Waals surface area (Å²) in [5.74, 6) is 0.763. The van der Waals surface area contributed by atoms with Gasteiger partial charge in [-0.25, -0.2) is 4.98 Å². The molecule has 0 radical (unpaired) electrons. The van der Waals surface area contributed by atoms with E-state index in [1.165, 1.54) is 0 Å². The first-order chi connectivity index (χ1) is 6.31. The van der Waals surface area contributed by atoms with Crippen molar-refractivity contribution in [1.82, 2.24) is 20.2 Å². The van der Waals surface area contributed by atoms with Gasteiger partial charge >= 0.3 is 0 Å². The number of H-pyrrole nitrogens is 2. The van der Waals surface area contributed by atoms with Crippen molar-refractivity contribution in [2.75, 3.05) is 0 Å². The van der Waals surface area contributed by atoms with Gasteiger partial charge in [0, 0.05) is 24.5 Å². The molecule has 0 amide bonds. The highest BCUT2D eigenvalue weighted by Gasteiger charge is 2.09. The lowest BCUT2D eigenvalue weighted by Gasteiger charge is -1.93. The Morgan fingerprint density at radius 1 is 1.46 bits per heavy atom. The molecular formula is C8H11N5. The maximum absolute atomic E-state index is 5.54. The average Bonchev–Trinajstić information content (AvgIpc) is 2.71. The predicted octanol–water partition coefficient (Wildman–Crippen LogP) is 0.567. The Morgan fingerprint density at radius 2 is 2.31 bits per heavy atom. The van der Waals surface area contributed by atoms with Crippen molar-refractivity contribution in [3.05, 3.63) is 23.7 Å². The molecule has 0 aromatic carbocycles. The van der Waals surface area contributed by atoms with Gasteiger partial charge in [0.1, 0.15) is 5.69 Å². The van der Waals surface area contributed by atoms with E-state index in [2.05, 4.69) is 20.2 Å². The van der Waals surface area contributed by atoms with E-state index in [-0.39, 0.29) is 0 Å². The summed E-state index contributed by atoms with van der Waals surface area (Å²) in [6, 6.07) is 0. The molecule has 0 saturated heterocycles. The summed E-state index contributed by atoms with van der Waals surface area (Å²) in [6.07, 6.45) is 3.62. The number of hydrogen-bond donors (Lipinski definition) is 3. The Bertz CT molecular complexity index is 400. The van der Waals surface area contributed by atoms with Gasteiger partial charge < -0.3 is 10.7 Å². The summed E-state index contributed by atoms with van der Waals surface area (Å²) in [5, 5.41) is 6.84. The smallest absolute Gasteiger partial charge is 0.158 e. The molecule has 2 aromatic rings. The van der Waals surface area contributed by atoms with Gasteiger partial charge in [0.25, 0.3) is 0 Å². The van der Waals surface area contributed by atoms with E-state index in [0.29, 0.717) is 6.54 Å². The van der Waals surface area contributed by atoms with Crippen LogP contribution in [-0.4, -0.2) is 20.2 Å². The van der Waals surface area contributed by atoms with Gasteiger partial charge in [0.15, 0.2) is 5.82 Å². The maximum Gasteiger partial charge on any atom is 0.158 e. The van der Waals surface area contributed by atoms with Crippen molar-refractivity contribution in [1.29, 1.82) is 0 Å². The molecule has 0 bridgehead atoms. The number of nitrogens with one attached hydrogen (secondary N) is 2. The van der Waals surface area contributed by atoms with Crippen LogP contribution in [0.3, 0.4) is 0 Å². The average molecular weight is 177 g/mol. The van der Waals surface area contributed by atoms with Crippen LogP contribution in [0.5, 0.6) is 0 Å². The van der Waals surface area contributed by atoms with Gasteiger partial charge in [0.2, 0.25) is 0 Å². The highest BCUT2D eigenvalue weighted by molar-refractivity contribution is 5.54. The number of hydrogen-bond acceptors (Lipinski definition) is 3. The van der Waals surface area contributed by atoms with Crippen molar-refractivity contribution < 1.29 is 0 Å². The summed E-state index contributed by atoms with van der Waals surface area (Å²) in [7, 11) is 0. The molecule has 5 nitrogen and oxygen atoms in total. The van der Waals surface area contributed by atoms with Crippen LogP contribution < -0.4 is 5.73 Å². The highest BCUT2D eigenvalue weighted by Crippen LogP contribution is 2.16. The van der Waals surface area contributed by atoms with Crippen LogP contribution in [-0.2, 0) is 6.54 Å². The number of nitrogens with two attached hydrogens (primary N) is 1. The summed E-state index contributed by atoms with van der Waals surface area (Å²) >= 11 is 0. The molecule has 5 heteroatoms. The second kappa shape index (κ2) is 3.02. The third-order valence-electron chi connectivity index (χ3n) is 1.87. The Morgan fingerprint density at radius 3 is 2.92 bits per heavy atom. The lowest BCUT2D eigenvalue weighted by Crippen LogP contribution is -1.97. The molecule has 0 aliphatic rings. The molecule has 0 fully saturated rings. The van der Waals surface area contributed by atoms with Crippen LogP contribution in [0, 0.1) is 6.92 Å². The topological polar surface area (TPSA) is 83.4 Å². The van der Waals surface area contributed by atoms with E-state index in [0.717, 1.165) is 22.8 Å². The van der Waals surface area contributed by atoms with Crippen LogP contribution >= 0.6 is 0 Å². The summed E-state index contributed by atoms with van der Waals surface area (Å²) in [4.78, 5) is 7.30. The number of aromatic amines is 2. The molecule has 0 unspecified atom stereocenters. The fraction of sp³-hybridized carbons (Fsp3) is 0.250. The zero-order chi connectivity index (χ0) is 9.26. The fourth-order valence-electron chi connectivity index (χ4n) is 1.21. The van der Waals surface area contributed by atoms with E-state index in [4.69, 9.17) is 5.73 Å². The Kier molecular flexibility index (Phi) is 1.86. The molecule has 13 heavy (non-hydrogen) atoms. The van der Waals surface area contributed by atoms with E-state index in [1.807, 2.05) is 13.1 Å². The lowest BCUT2D eigenvalue weighted by atomic mass is 10.2. The summed E-state index contributed by atoms with van der Waals surface area (Å²) in [5.41, 5.74) is 8.25. The van der Waals surface area contributed by atoms with Gasteiger partial charge in [-0.05, 0) is 6.92 Å². The second-order valence-electron chi connectivity index (χ2n) is 2.85. The van der Waals surface area contributed by atoms with Crippen LogP contribution in [0.25, 0.3) is 11.5 Å². The molecule has 0 atom stereocenters. The minimum Gasteiger partial charge on any atom is -0.343 e. The molecule has 2 aromatic heterocycles. The number of nitrogens with zero attached hydrogens (tertiary/aromatic N) is 2. The first-order valence-corrected chi connectivity index (χ1v) is 4.06. The van der Waals surface area contributed by atoms with Crippen molar-refractivity contribution in [3.63, 3.8) is 0 Å². The summed E-state index contributed by atoms with van der Waals surface area (Å²) < 4.78 is 0. The summed E-state index contributed by atoms with van der Waals surface area (Å²) in [6.45, 7) is 2.39. The minimum atomic E-state index is 0.464. The van der Waals surface area contributed by atoms with Crippen molar-refractivity contribution >= 4 is 0 Å². The first kappa shape index (κ1) is 8.00. The molecule has 0 spiro atoms. The quantitative estimate of drug-likeness (QED) is 0.627. The molecular weight excluding hydrogens is 166 g/mol. The maximum atomic E-state index is 5.54. The van der Waals surface area contributed by atoms with Gasteiger partial charge in [0.05, 0.1) is 5.69 Å². The van der Waals surface area contributed by atoms with Gasteiger partial charge in [-0.1, -0.05) is 0 Å². The number of imidazole rings is 1. The number of aromatic nitrogens is 4. The SMILES string of the molecule is Cc1c[nH]c(-c2n[nH]cc2CN)n1. The van der Waals surface area contributed by atoms with Gasteiger partial charge in [-0.3, -0.25) is 5.10 Å². The monoisotopic (exact) mass is 177 g/mol.